The average molecular weight is 404 g/mol. The van der Waals surface area contributed by atoms with Crippen LogP contribution in [0.25, 0.3) is 23.4 Å². The molecule has 0 amide bonds. The van der Waals surface area contributed by atoms with Gasteiger partial charge in [-0.25, -0.2) is 8.42 Å². The number of rotatable bonds is 2. The quantitative estimate of drug-likeness (QED) is 0.655. The molecule has 2 aliphatic carbocycles. The Morgan fingerprint density at radius 2 is 1.93 bits per heavy atom. The monoisotopic (exact) mass is 403 g/mol. The molecule has 146 valence electrons. The van der Waals surface area contributed by atoms with Crippen molar-refractivity contribution in [2.45, 2.75) is 24.5 Å². The molecule has 2 N–H and O–H groups in total. The Morgan fingerprint density at radius 1 is 1.07 bits per heavy atom. The van der Waals surface area contributed by atoms with Gasteiger partial charge in [-0.05, 0) is 57.3 Å². The maximum atomic E-state index is 12.2. The summed E-state index contributed by atoms with van der Waals surface area (Å²) >= 11 is 0. The summed E-state index contributed by atoms with van der Waals surface area (Å²) < 4.78 is 24.4. The first-order valence-corrected chi connectivity index (χ1v) is 11.6. The number of hydrogen-bond acceptors (Lipinski definition) is 5. The van der Waals surface area contributed by atoms with E-state index >= 15 is 0 Å². The number of anilines is 1. The van der Waals surface area contributed by atoms with Crippen LogP contribution in [0.1, 0.15) is 17.5 Å². The van der Waals surface area contributed by atoms with Crippen LogP contribution in [0.5, 0.6) is 0 Å². The molecule has 3 aromatic rings. The predicted molar refractivity (Wildman–Crippen MR) is 115 cm³/mol. The van der Waals surface area contributed by atoms with Gasteiger partial charge in [0, 0.05) is 29.9 Å². The number of fused-ring (bicyclic) bond motifs is 4. The topological polar surface area (TPSA) is 85.9 Å². The van der Waals surface area contributed by atoms with E-state index in [0.717, 1.165) is 44.1 Å². The van der Waals surface area contributed by atoms with Crippen LogP contribution in [-0.4, -0.2) is 29.9 Å². The van der Waals surface area contributed by atoms with Crippen molar-refractivity contribution in [1.82, 2.24) is 9.97 Å². The summed E-state index contributed by atoms with van der Waals surface area (Å²) in [5.41, 5.74) is 11.3. The number of benzene rings is 2. The molecule has 1 heterocycles. The van der Waals surface area contributed by atoms with Gasteiger partial charge in [0.1, 0.15) is 0 Å². The molecule has 0 aliphatic heterocycles. The van der Waals surface area contributed by atoms with Crippen LogP contribution in [0.4, 0.5) is 5.69 Å². The largest absolute Gasteiger partial charge is 0.398 e. The lowest BCUT2D eigenvalue weighted by atomic mass is 9.87. The minimum atomic E-state index is -3.11. The van der Waals surface area contributed by atoms with Gasteiger partial charge in [-0.3, -0.25) is 9.97 Å². The summed E-state index contributed by atoms with van der Waals surface area (Å²) in [6.07, 6.45) is 12.4. The number of aromatic nitrogens is 2. The van der Waals surface area contributed by atoms with Crippen molar-refractivity contribution in [3.63, 3.8) is 0 Å². The smallest absolute Gasteiger partial charge is 0.150 e. The van der Waals surface area contributed by atoms with Crippen molar-refractivity contribution in [1.29, 1.82) is 0 Å². The lowest BCUT2D eigenvalue weighted by Gasteiger charge is -2.23. The van der Waals surface area contributed by atoms with Crippen LogP contribution in [0, 0.1) is 10.4 Å². The van der Waals surface area contributed by atoms with E-state index in [2.05, 4.69) is 28.2 Å². The van der Waals surface area contributed by atoms with Gasteiger partial charge < -0.3 is 5.73 Å². The van der Waals surface area contributed by atoms with Crippen molar-refractivity contribution >= 4 is 27.7 Å². The number of nitrogens with zero attached hydrogens (tertiary/aromatic N) is 2. The molecule has 2 aromatic carbocycles. The summed E-state index contributed by atoms with van der Waals surface area (Å²) in [5, 5.41) is 3.94. The van der Waals surface area contributed by atoms with E-state index < -0.39 is 9.84 Å². The minimum Gasteiger partial charge on any atom is -0.398 e. The second-order valence-corrected chi connectivity index (χ2v) is 10.1. The first-order valence-electron chi connectivity index (χ1n) is 9.62. The van der Waals surface area contributed by atoms with Crippen molar-refractivity contribution < 1.29 is 8.42 Å². The highest BCUT2D eigenvalue weighted by atomic mass is 32.2. The highest BCUT2D eigenvalue weighted by Gasteiger charge is 2.26. The van der Waals surface area contributed by atoms with E-state index in [1.54, 1.807) is 18.6 Å². The zero-order valence-electron chi connectivity index (χ0n) is 16.1. The van der Waals surface area contributed by atoms with Crippen LogP contribution in [0.3, 0.4) is 0 Å². The van der Waals surface area contributed by atoms with Crippen LogP contribution in [0.15, 0.2) is 42.9 Å². The average Bonchev–Trinajstić information content (AvgIpc) is 2.73. The maximum absolute atomic E-state index is 12.2. The van der Waals surface area contributed by atoms with E-state index in [4.69, 9.17) is 5.73 Å². The van der Waals surface area contributed by atoms with Crippen LogP contribution < -0.4 is 16.2 Å². The molecule has 0 spiro atoms. The van der Waals surface area contributed by atoms with Crippen molar-refractivity contribution in [2.24, 2.45) is 0 Å². The Bertz CT molecular complexity index is 1460. The predicted octanol–water partition coefficient (Wildman–Crippen LogP) is 1.49. The fourth-order valence-electron chi connectivity index (χ4n) is 4.54. The van der Waals surface area contributed by atoms with Gasteiger partial charge >= 0.3 is 0 Å². The van der Waals surface area contributed by atoms with Gasteiger partial charge in [-0.2, -0.15) is 0 Å². The number of nitrogen functional groups attached to an aromatic ring is 1. The maximum Gasteiger partial charge on any atom is 0.150 e. The second kappa shape index (κ2) is 6.52. The summed E-state index contributed by atoms with van der Waals surface area (Å²) in [7, 11) is -3.11. The molecular weight excluding hydrogens is 382 g/mol. The van der Waals surface area contributed by atoms with E-state index in [9.17, 15) is 8.42 Å². The third kappa shape index (κ3) is 2.95. The standard InChI is InChI=1S/C23H21N3O2S/c1-29(27,28)14-5-6-18-20(11-14)17-8-7-16-15(21(17)12-22(18)24)3-2-4-19(16)23-13-25-9-10-26-23/h2-4,6-7,9-10,12-14H,5,8,11,24H2,1H3. The van der Waals surface area contributed by atoms with E-state index in [0.29, 0.717) is 18.5 Å². The summed E-state index contributed by atoms with van der Waals surface area (Å²) in [6, 6.07) is 8.21. The first kappa shape index (κ1) is 18.1. The molecule has 6 heteroatoms. The SMILES string of the molecule is CS(=O)(=O)C1CC=c2c(N)cc3c(c2C1)CC=c1c(-c2cnccn2)cccc1=3. The summed E-state index contributed by atoms with van der Waals surface area (Å²) in [4.78, 5) is 8.66. The molecule has 0 radical (unpaired) electrons. The normalized spacial score (nSPS) is 17.3. The second-order valence-electron chi connectivity index (χ2n) is 7.75. The van der Waals surface area contributed by atoms with Crippen LogP contribution >= 0.6 is 0 Å². The van der Waals surface area contributed by atoms with Gasteiger partial charge in [0.25, 0.3) is 0 Å². The van der Waals surface area contributed by atoms with Crippen LogP contribution in [-0.2, 0) is 22.7 Å². The lowest BCUT2D eigenvalue weighted by molar-refractivity contribution is 0.583. The zero-order chi connectivity index (χ0) is 20.2. The third-order valence-corrected chi connectivity index (χ3v) is 7.56. The first-order chi connectivity index (χ1) is 13.9. The van der Waals surface area contributed by atoms with E-state index in [1.807, 2.05) is 18.2 Å². The van der Waals surface area contributed by atoms with Crippen LogP contribution in [0.2, 0.25) is 0 Å². The van der Waals surface area contributed by atoms with Gasteiger partial charge in [0.05, 0.1) is 17.1 Å². The molecule has 2 aliphatic rings. The number of sulfone groups is 1. The molecule has 0 bridgehead atoms. The lowest BCUT2D eigenvalue weighted by Crippen LogP contribution is -2.32. The van der Waals surface area contributed by atoms with Crippen molar-refractivity contribution in [3.8, 4) is 11.3 Å². The Balaban J connectivity index is 1.84. The summed E-state index contributed by atoms with van der Waals surface area (Å²) in [5.74, 6) is 0. The van der Waals surface area contributed by atoms with E-state index in [1.165, 1.54) is 11.8 Å². The fourth-order valence-corrected chi connectivity index (χ4v) is 5.45. The van der Waals surface area contributed by atoms with Gasteiger partial charge in [0.2, 0.25) is 0 Å². The van der Waals surface area contributed by atoms with Crippen molar-refractivity contribution in [3.05, 3.63) is 74.9 Å². The van der Waals surface area contributed by atoms with Gasteiger partial charge in [-0.15, -0.1) is 0 Å². The van der Waals surface area contributed by atoms with Crippen molar-refractivity contribution in [2.75, 3.05) is 12.0 Å². The molecule has 1 atom stereocenters. The van der Waals surface area contributed by atoms with Gasteiger partial charge in [-0.1, -0.05) is 30.4 Å². The molecule has 5 nitrogen and oxygen atoms in total. The van der Waals surface area contributed by atoms with E-state index in [-0.39, 0.29) is 5.25 Å². The molecular formula is C23H21N3O2S. The number of hydrogen-bond donors (Lipinski definition) is 1. The molecule has 0 saturated carbocycles. The fraction of sp³-hybridized carbons (Fsp3) is 0.217. The Labute approximate surface area is 168 Å². The highest BCUT2D eigenvalue weighted by molar-refractivity contribution is 7.91. The summed E-state index contributed by atoms with van der Waals surface area (Å²) in [6.45, 7) is 0. The molecule has 1 unspecified atom stereocenters. The number of nitrogens with two attached hydrogens (primary N) is 1. The molecule has 0 fully saturated rings. The Hall–Kier alpha value is -2.99. The third-order valence-electron chi connectivity index (χ3n) is 5.99. The molecule has 0 saturated heterocycles. The highest BCUT2D eigenvalue weighted by Crippen LogP contribution is 2.24. The molecule has 29 heavy (non-hydrogen) atoms. The Kier molecular flexibility index (Phi) is 4.06. The molecule has 5 rings (SSSR count). The molecule has 1 aromatic heterocycles. The zero-order valence-corrected chi connectivity index (χ0v) is 16.9. The minimum absolute atomic E-state index is 0.381. The Morgan fingerprint density at radius 3 is 2.69 bits per heavy atom. The van der Waals surface area contributed by atoms with Gasteiger partial charge in [0.15, 0.2) is 9.84 Å².